The second-order valence-corrected chi connectivity index (χ2v) is 5.76. The third-order valence-electron chi connectivity index (χ3n) is 4.26. The van der Waals surface area contributed by atoms with E-state index in [1.54, 1.807) is 12.3 Å². The number of morpholine rings is 1. The van der Waals surface area contributed by atoms with Gasteiger partial charge in [0.05, 0.1) is 24.6 Å². The molecular weight excluding hydrogens is 326 g/mol. The fourth-order valence-corrected chi connectivity index (χ4v) is 3.05. The molecule has 2 aliphatic heterocycles. The summed E-state index contributed by atoms with van der Waals surface area (Å²) in [6.45, 7) is 2.81. The van der Waals surface area contributed by atoms with Crippen molar-refractivity contribution in [2.45, 2.75) is 6.42 Å². The molecule has 2 aromatic rings. The number of ether oxygens (including phenoxy) is 1. The highest BCUT2D eigenvalue weighted by molar-refractivity contribution is 5.89. The molecule has 1 saturated heterocycles. The van der Waals surface area contributed by atoms with Crippen LogP contribution in [0.25, 0.3) is 11.4 Å². The minimum absolute atomic E-state index is 0.144. The molecule has 0 radical (unpaired) electrons. The molecule has 25 heavy (non-hydrogen) atoms. The first-order valence-electron chi connectivity index (χ1n) is 7.96. The van der Waals surface area contributed by atoms with Gasteiger partial charge in [0, 0.05) is 31.4 Å². The molecule has 2 aliphatic rings. The Morgan fingerprint density at radius 1 is 1.20 bits per heavy atom. The molecule has 0 unspecified atom stereocenters. The van der Waals surface area contributed by atoms with Gasteiger partial charge in [0.2, 0.25) is 11.9 Å². The Morgan fingerprint density at radius 2 is 2.00 bits per heavy atom. The Bertz CT molecular complexity index is 823. The van der Waals surface area contributed by atoms with Crippen LogP contribution >= 0.6 is 0 Å². The van der Waals surface area contributed by atoms with Gasteiger partial charge >= 0.3 is 6.09 Å². The van der Waals surface area contributed by atoms with Crippen LogP contribution in [0.1, 0.15) is 5.56 Å². The molecule has 10 heteroatoms. The summed E-state index contributed by atoms with van der Waals surface area (Å²) < 4.78 is 5.36. The maximum Gasteiger partial charge on any atom is 0.413 e. The van der Waals surface area contributed by atoms with Gasteiger partial charge in [-0.25, -0.2) is 19.7 Å². The molecule has 10 nitrogen and oxygen atoms in total. The number of hydrogen-bond donors (Lipinski definition) is 2. The average Bonchev–Trinajstić information content (AvgIpc) is 3.06. The van der Waals surface area contributed by atoms with Crippen molar-refractivity contribution in [1.82, 2.24) is 19.9 Å². The number of nitrogens with zero attached hydrogens (tertiary/aromatic N) is 6. The van der Waals surface area contributed by atoms with E-state index in [1.165, 1.54) is 4.90 Å². The molecular formula is C15H17N7O3. The van der Waals surface area contributed by atoms with Crippen LogP contribution in [-0.2, 0) is 11.2 Å². The molecule has 0 atom stereocenters. The zero-order chi connectivity index (χ0) is 17.4. The van der Waals surface area contributed by atoms with E-state index in [0.717, 1.165) is 5.56 Å². The molecule has 4 rings (SSSR count). The van der Waals surface area contributed by atoms with Crippen molar-refractivity contribution >= 4 is 23.8 Å². The van der Waals surface area contributed by atoms with E-state index < -0.39 is 6.09 Å². The van der Waals surface area contributed by atoms with Crippen LogP contribution in [0.4, 0.5) is 22.5 Å². The number of nitrogens with two attached hydrogens (primary N) is 1. The highest BCUT2D eigenvalue weighted by Crippen LogP contribution is 2.35. The molecule has 1 amide bonds. The number of carboxylic acid groups (broad SMARTS) is 1. The Kier molecular flexibility index (Phi) is 3.80. The second-order valence-electron chi connectivity index (χ2n) is 5.76. The standard InChI is InChI=1S/C15H17N7O3/c16-13-17-3-1-10(18-13)11-9-2-4-22(15(23)24)12(9)20-14(19-11)21-5-7-25-8-6-21/h1,3H,2,4-8H2,(H,23,24)(H2,16,17,18). The van der Waals surface area contributed by atoms with E-state index in [2.05, 4.69) is 19.9 Å². The monoisotopic (exact) mass is 343 g/mol. The second kappa shape index (κ2) is 6.13. The van der Waals surface area contributed by atoms with E-state index in [9.17, 15) is 9.90 Å². The highest BCUT2D eigenvalue weighted by Gasteiger charge is 2.31. The normalized spacial score (nSPS) is 16.8. The number of carbonyl (C=O) groups is 1. The van der Waals surface area contributed by atoms with Gasteiger partial charge in [0.1, 0.15) is 5.82 Å². The summed E-state index contributed by atoms with van der Waals surface area (Å²) in [7, 11) is 0. The highest BCUT2D eigenvalue weighted by atomic mass is 16.5. The van der Waals surface area contributed by atoms with Gasteiger partial charge in [0.25, 0.3) is 0 Å². The maximum absolute atomic E-state index is 11.5. The molecule has 130 valence electrons. The molecule has 1 fully saturated rings. The third kappa shape index (κ3) is 2.80. The Labute approximate surface area is 143 Å². The largest absolute Gasteiger partial charge is 0.465 e. The van der Waals surface area contributed by atoms with Crippen molar-refractivity contribution in [1.29, 1.82) is 0 Å². The lowest BCUT2D eigenvalue weighted by Crippen LogP contribution is -2.38. The summed E-state index contributed by atoms with van der Waals surface area (Å²) in [6, 6.07) is 1.71. The van der Waals surface area contributed by atoms with Crippen molar-refractivity contribution in [3.63, 3.8) is 0 Å². The zero-order valence-corrected chi connectivity index (χ0v) is 13.4. The van der Waals surface area contributed by atoms with Crippen LogP contribution in [-0.4, -0.2) is 64.0 Å². The van der Waals surface area contributed by atoms with Crippen molar-refractivity contribution in [2.24, 2.45) is 0 Å². The number of aromatic nitrogens is 4. The van der Waals surface area contributed by atoms with Crippen LogP contribution in [0.15, 0.2) is 12.3 Å². The maximum atomic E-state index is 11.5. The van der Waals surface area contributed by atoms with Crippen molar-refractivity contribution < 1.29 is 14.6 Å². The summed E-state index contributed by atoms with van der Waals surface area (Å²) in [5.41, 5.74) is 7.63. The van der Waals surface area contributed by atoms with E-state index in [-0.39, 0.29) is 5.95 Å². The van der Waals surface area contributed by atoms with E-state index in [4.69, 9.17) is 10.5 Å². The molecule has 4 heterocycles. The van der Waals surface area contributed by atoms with Crippen LogP contribution in [0, 0.1) is 0 Å². The fraction of sp³-hybridized carbons (Fsp3) is 0.400. The summed E-state index contributed by atoms with van der Waals surface area (Å²) in [5, 5.41) is 9.45. The molecule has 0 bridgehead atoms. The summed E-state index contributed by atoms with van der Waals surface area (Å²) in [4.78, 5) is 32.1. The first-order valence-corrected chi connectivity index (χ1v) is 7.96. The van der Waals surface area contributed by atoms with Crippen LogP contribution in [0.3, 0.4) is 0 Å². The summed E-state index contributed by atoms with van der Waals surface area (Å²) in [6.07, 6.45) is 1.06. The van der Waals surface area contributed by atoms with Gasteiger partial charge in [-0.15, -0.1) is 0 Å². The number of fused-ring (bicyclic) bond motifs is 1. The number of anilines is 3. The third-order valence-corrected chi connectivity index (χ3v) is 4.26. The Morgan fingerprint density at radius 3 is 2.72 bits per heavy atom. The van der Waals surface area contributed by atoms with E-state index in [0.29, 0.717) is 62.4 Å². The predicted octanol–water partition coefficient (Wildman–Crippen LogP) is 0.393. The van der Waals surface area contributed by atoms with Crippen LogP contribution in [0.2, 0.25) is 0 Å². The van der Waals surface area contributed by atoms with E-state index >= 15 is 0 Å². The first kappa shape index (κ1) is 15.5. The molecule has 2 aromatic heterocycles. The van der Waals surface area contributed by atoms with Crippen LogP contribution in [0.5, 0.6) is 0 Å². The van der Waals surface area contributed by atoms with Crippen molar-refractivity contribution in [3.8, 4) is 11.4 Å². The predicted molar refractivity (Wildman–Crippen MR) is 89.6 cm³/mol. The molecule has 0 aromatic carbocycles. The van der Waals surface area contributed by atoms with Gasteiger partial charge in [-0.05, 0) is 12.5 Å². The average molecular weight is 343 g/mol. The molecule has 0 spiro atoms. The summed E-state index contributed by atoms with van der Waals surface area (Å²) in [5.74, 6) is 1.03. The molecule has 0 aliphatic carbocycles. The SMILES string of the molecule is Nc1nccc(-c2nc(N3CCOCC3)nc3c2CCN3C(=O)O)n1. The van der Waals surface area contributed by atoms with Gasteiger partial charge < -0.3 is 20.5 Å². The van der Waals surface area contributed by atoms with Crippen molar-refractivity contribution in [2.75, 3.05) is 48.4 Å². The lowest BCUT2D eigenvalue weighted by molar-refractivity contribution is 0.122. The van der Waals surface area contributed by atoms with Gasteiger partial charge in [0.15, 0.2) is 0 Å². The number of hydrogen-bond acceptors (Lipinski definition) is 8. The lowest BCUT2D eigenvalue weighted by Gasteiger charge is -2.28. The van der Waals surface area contributed by atoms with Crippen LogP contribution < -0.4 is 15.5 Å². The fourth-order valence-electron chi connectivity index (χ4n) is 3.05. The zero-order valence-electron chi connectivity index (χ0n) is 13.4. The molecule has 0 saturated carbocycles. The first-order chi connectivity index (χ1) is 12.1. The minimum atomic E-state index is -1.03. The van der Waals surface area contributed by atoms with Gasteiger partial charge in [-0.2, -0.15) is 4.98 Å². The van der Waals surface area contributed by atoms with E-state index in [1.807, 2.05) is 4.90 Å². The smallest absolute Gasteiger partial charge is 0.413 e. The quantitative estimate of drug-likeness (QED) is 0.795. The lowest BCUT2D eigenvalue weighted by atomic mass is 10.1. The molecule has 3 N–H and O–H groups in total. The van der Waals surface area contributed by atoms with Crippen molar-refractivity contribution in [3.05, 3.63) is 17.8 Å². The topological polar surface area (TPSA) is 131 Å². The number of rotatable bonds is 2. The Hall–Kier alpha value is -3.01. The van der Waals surface area contributed by atoms with Gasteiger partial charge in [-0.3, -0.25) is 4.90 Å². The minimum Gasteiger partial charge on any atom is -0.465 e. The Balaban J connectivity index is 1.86. The number of amides is 1. The van der Waals surface area contributed by atoms with Gasteiger partial charge in [-0.1, -0.05) is 0 Å². The summed E-state index contributed by atoms with van der Waals surface area (Å²) >= 11 is 0. The number of nitrogen functional groups attached to an aromatic ring is 1.